The van der Waals surface area contributed by atoms with Gasteiger partial charge in [-0.05, 0) is 63.4 Å². The number of hydrogen-bond acceptors (Lipinski definition) is 8. The Bertz CT molecular complexity index is 1520. The van der Waals surface area contributed by atoms with Crippen LogP contribution in [0.4, 0.5) is 0 Å². The molecule has 18 heteroatoms. The summed E-state index contributed by atoms with van der Waals surface area (Å²) in [7, 11) is 0. The van der Waals surface area contributed by atoms with E-state index in [1.165, 1.54) is 12.2 Å². The number of aliphatic hydroxyl groups excluding tert-OH is 2. The fourth-order valence-electron chi connectivity index (χ4n) is 3.44. The number of hydrogen-bond donors (Lipinski definition) is 4. The van der Waals surface area contributed by atoms with Crippen LogP contribution < -0.4 is 23.9 Å². The molecule has 0 bridgehead atoms. The van der Waals surface area contributed by atoms with Gasteiger partial charge in [-0.25, -0.2) is 15.0 Å². The molecular weight excluding hydrogens is 1260 g/mol. The monoisotopic (exact) mass is 1300 g/mol. The zero-order valence-corrected chi connectivity index (χ0v) is 40.4. The molecule has 0 aliphatic heterocycles. The van der Waals surface area contributed by atoms with Crippen molar-refractivity contribution in [2.75, 3.05) is 13.1 Å². The van der Waals surface area contributed by atoms with Crippen LogP contribution >= 0.6 is 74.5 Å². The van der Waals surface area contributed by atoms with E-state index in [0.29, 0.717) is 43.4 Å². The Kier molecular flexibility index (Phi) is 32.8. The van der Waals surface area contributed by atoms with Crippen LogP contribution in [0.1, 0.15) is 42.3 Å². The summed E-state index contributed by atoms with van der Waals surface area (Å²) in [6.45, 7) is 11.8. The molecule has 4 N–H and O–H groups in total. The third-order valence-electron chi connectivity index (χ3n) is 5.35. The molecule has 1 radical (unpaired) electrons. The number of imidazole rings is 2. The Labute approximate surface area is 360 Å². The minimum Gasteiger partial charge on any atom is 0 e. The molecule has 4 aromatic heterocycles. The van der Waals surface area contributed by atoms with Crippen LogP contribution in [0.15, 0.2) is 68.0 Å². The van der Waals surface area contributed by atoms with Crippen molar-refractivity contribution in [3.63, 3.8) is 0 Å². The summed E-state index contributed by atoms with van der Waals surface area (Å²) >= 11 is 9.54. The number of carbonyl (C=O) groups excluding carboxylic acids is 2. The van der Waals surface area contributed by atoms with Crippen molar-refractivity contribution in [1.82, 2.24) is 39.7 Å². The molecule has 0 aliphatic rings. The van der Waals surface area contributed by atoms with Gasteiger partial charge >= 0.3 is 50.5 Å². The zero-order chi connectivity index (χ0) is 35.6. The number of likely N-dealkylation sites (N-methyl/N-ethyl adjacent to an activating group) is 2. The third kappa shape index (κ3) is 20.6. The van der Waals surface area contributed by atoms with Gasteiger partial charge in [0.1, 0.15) is 0 Å². The molecule has 4 rings (SSSR count). The van der Waals surface area contributed by atoms with Crippen LogP contribution in [0.25, 0.3) is 17.5 Å². The van der Waals surface area contributed by atoms with Crippen LogP contribution in [0, 0.1) is 20.0 Å². The van der Waals surface area contributed by atoms with Crippen molar-refractivity contribution in [2.45, 2.75) is 40.9 Å². The molecule has 0 fully saturated rings. The summed E-state index contributed by atoms with van der Waals surface area (Å²) in [4.78, 5) is 38.1. The van der Waals surface area contributed by atoms with Crippen molar-refractivity contribution in [3.8, 4) is 11.4 Å². The smallest absolute Gasteiger partial charge is 0 e. The van der Waals surface area contributed by atoms with Gasteiger partial charge in [0.15, 0.2) is 0 Å². The van der Waals surface area contributed by atoms with Gasteiger partial charge in [-0.15, -0.1) is 6.07 Å². The number of aryl methyl sites for hydroxylation is 2. The van der Waals surface area contributed by atoms with Crippen molar-refractivity contribution in [2.24, 2.45) is 0 Å². The third-order valence-corrected chi connectivity index (χ3v) is 5.35. The average molecular weight is 1300 g/mol. The molecule has 12 nitrogen and oxygen atoms in total. The van der Waals surface area contributed by atoms with Crippen molar-refractivity contribution in [3.05, 3.63) is 103 Å². The van der Waals surface area contributed by atoms with Crippen molar-refractivity contribution in [1.29, 1.82) is 0 Å². The van der Waals surface area contributed by atoms with Gasteiger partial charge in [-0.2, -0.15) is 6.07 Å². The number of aliphatic hydroxyl groups is 2. The van der Waals surface area contributed by atoms with E-state index < -0.39 is 0 Å². The van der Waals surface area contributed by atoms with Crippen LogP contribution in [0.2, 0.25) is 0 Å². The molecule has 0 saturated carbocycles. The van der Waals surface area contributed by atoms with Crippen molar-refractivity contribution >= 4 is 92.4 Å². The van der Waals surface area contributed by atoms with E-state index in [9.17, 15) is 14.7 Å². The molecule has 2 amide bonds. The minimum atomic E-state index is -0.185. The number of aromatic nitrogens is 6. The Balaban J connectivity index is 0. The van der Waals surface area contributed by atoms with Crippen LogP contribution in [0.5, 0.6) is 0 Å². The van der Waals surface area contributed by atoms with E-state index in [0.717, 1.165) is 22.8 Å². The second-order valence-electron chi connectivity index (χ2n) is 8.65. The van der Waals surface area contributed by atoms with Gasteiger partial charge in [0.25, 0.3) is 0 Å². The van der Waals surface area contributed by atoms with Gasteiger partial charge in [-0.3, -0.25) is 9.59 Å². The van der Waals surface area contributed by atoms with Gasteiger partial charge < -0.3 is 35.0 Å². The Morgan fingerprint density at radius 2 is 1.42 bits per heavy atom. The molecule has 261 valence electrons. The number of halogens is 5. The first-order chi connectivity index (χ1) is 22.7. The Morgan fingerprint density at radius 3 is 1.83 bits per heavy atom. The number of rotatable bonds is 9. The van der Waals surface area contributed by atoms with E-state index >= 15 is 0 Å². The topological polar surface area (TPSA) is 160 Å². The van der Waals surface area contributed by atoms with Crippen LogP contribution in [-0.4, -0.2) is 64.2 Å². The molecular formula is C30H37I5N8O4Y-2. The summed E-state index contributed by atoms with van der Waals surface area (Å²) < 4.78 is 3.65. The Hall–Kier alpha value is -0.186. The molecule has 4 aromatic rings. The maximum Gasteiger partial charge on any atom is 0 e. The minimum absolute atomic E-state index is 0. The van der Waals surface area contributed by atoms with Gasteiger partial charge in [0.05, 0.1) is 47.7 Å². The fourth-order valence-corrected chi connectivity index (χ4v) is 3.44. The second-order valence-corrected chi connectivity index (χ2v) is 24.9. The van der Waals surface area contributed by atoms with E-state index in [2.05, 4.69) is 118 Å². The molecule has 0 aliphatic carbocycles. The zero-order valence-electron chi connectivity index (χ0n) is 26.7. The predicted octanol–water partition coefficient (Wildman–Crippen LogP) is 2.94. The molecule has 48 heavy (non-hydrogen) atoms. The fraction of sp³-hybridized carbons (Fsp3) is 0.267. The molecule has 0 unspecified atom stereocenters. The maximum absolute atomic E-state index is 11.4. The molecule has 4 heterocycles. The SMILES string of the molecule is C=CC(=O)NCC.CCNC(=O)/C=C/c1ccc(-n2cnc(C)c2)c(CO)n1.Cc1cn(-c2cc[c-]nc2CO)cn1.II.I[I-]I.[Y]. The van der Waals surface area contributed by atoms with Crippen molar-refractivity contribution < 1.29 is 65.8 Å². The van der Waals surface area contributed by atoms with Crippen LogP contribution in [0.3, 0.4) is 0 Å². The van der Waals surface area contributed by atoms with Gasteiger partial charge in [-0.1, -0.05) is 12.8 Å². The summed E-state index contributed by atoms with van der Waals surface area (Å²) in [5.74, 6) is -0.276. The number of carbonyl (C=O) groups is 2. The molecule has 0 atom stereocenters. The molecule has 0 aromatic carbocycles. The van der Waals surface area contributed by atoms with E-state index in [4.69, 9.17) is 5.11 Å². The number of amides is 2. The summed E-state index contributed by atoms with van der Waals surface area (Å²) in [5, 5.41) is 23.8. The number of nitrogens with one attached hydrogen (secondary N) is 2. The quantitative estimate of drug-likeness (QED) is 0.113. The standard InChI is InChI=1S/C15H18N4O2.C10H10N3O.C5H9NO.I3.I2.Y/c1-3-16-15(21)7-5-12-4-6-14(13(9-20)18-12)19-8-11(2)17-10-19;1-8-5-13(7-12-8)10-3-2-4-11-9(10)6-14;1-3-5(7)6-4-2;1-3-2;1-2;/h4-8,10,20H,3,9H2,1-2H3,(H,16,21);2-3,5,7,14H,6H2,1H3;3H,1,4H2,2H3,(H,6,7);;;/q;-1;;-1;;/b7-5+;;;;;. The second kappa shape index (κ2) is 31.5. The first kappa shape index (κ1) is 49.9. The first-order valence-corrected chi connectivity index (χ1v) is 32.5. The van der Waals surface area contributed by atoms with Gasteiger partial charge in [0.2, 0.25) is 11.8 Å². The summed E-state index contributed by atoms with van der Waals surface area (Å²) in [6, 6.07) is 7.19. The van der Waals surface area contributed by atoms with Crippen LogP contribution in [-0.2, 0) is 55.5 Å². The normalized spacial score (nSPS) is 9.54. The maximum atomic E-state index is 11.4. The summed E-state index contributed by atoms with van der Waals surface area (Å²) in [5.41, 5.74) is 5.18. The molecule has 0 spiro atoms. The summed E-state index contributed by atoms with van der Waals surface area (Å²) in [6.07, 6.45) is 14.1. The van der Waals surface area contributed by atoms with E-state index in [1.807, 2.05) is 61.4 Å². The molecule has 0 saturated heterocycles. The average Bonchev–Trinajstić information content (AvgIpc) is 3.73. The largest absolute Gasteiger partial charge is 0 e. The number of nitrogens with zero attached hydrogens (tertiary/aromatic N) is 6. The Morgan fingerprint density at radius 1 is 0.917 bits per heavy atom. The first-order valence-electron chi connectivity index (χ1n) is 13.6. The van der Waals surface area contributed by atoms with E-state index in [-0.39, 0.29) is 57.7 Å². The van der Waals surface area contributed by atoms with E-state index in [1.54, 1.807) is 30.9 Å². The number of pyridine rings is 2. The van der Waals surface area contributed by atoms with Gasteiger partial charge in [0, 0.05) is 108 Å². The predicted molar refractivity (Wildman–Crippen MR) is 216 cm³/mol.